The zero-order valence-corrected chi connectivity index (χ0v) is 10.8. The summed E-state index contributed by atoms with van der Waals surface area (Å²) in [5, 5.41) is 0.988. The zero-order chi connectivity index (χ0) is 12.3. The number of carbonyl (C=O) groups excluding carboxylic acids is 1. The Balaban J connectivity index is 2.09. The van der Waals surface area contributed by atoms with Crippen molar-refractivity contribution >= 4 is 35.2 Å². The van der Waals surface area contributed by atoms with Crippen LogP contribution in [0, 0.1) is 0 Å². The van der Waals surface area contributed by atoms with Gasteiger partial charge >= 0.3 is 0 Å². The molecular formula is C13H13Cl2NO. The molecule has 1 saturated heterocycles. The molecule has 0 aliphatic carbocycles. The molecule has 1 aliphatic rings. The molecule has 90 valence electrons. The largest absolute Gasteiger partial charge is 0.339 e. The molecule has 1 aromatic carbocycles. The summed E-state index contributed by atoms with van der Waals surface area (Å²) in [6.45, 7) is 1.71. The lowest BCUT2D eigenvalue weighted by Gasteiger charge is -2.11. The van der Waals surface area contributed by atoms with Crippen molar-refractivity contribution in [2.24, 2.45) is 0 Å². The summed E-state index contributed by atoms with van der Waals surface area (Å²) in [7, 11) is 0. The maximum atomic E-state index is 11.8. The summed E-state index contributed by atoms with van der Waals surface area (Å²) >= 11 is 11.9. The average Bonchev–Trinajstić information content (AvgIpc) is 2.84. The first-order valence-electron chi connectivity index (χ1n) is 5.59. The average molecular weight is 270 g/mol. The summed E-state index contributed by atoms with van der Waals surface area (Å²) in [6.07, 6.45) is 5.47. The minimum absolute atomic E-state index is 0.0403. The fraction of sp³-hybridized carbons (Fsp3) is 0.308. The molecular weight excluding hydrogens is 257 g/mol. The van der Waals surface area contributed by atoms with Gasteiger partial charge in [-0.1, -0.05) is 35.3 Å². The van der Waals surface area contributed by atoms with Crippen LogP contribution in [0.25, 0.3) is 6.08 Å². The van der Waals surface area contributed by atoms with Gasteiger partial charge in [0.1, 0.15) is 0 Å². The summed E-state index contributed by atoms with van der Waals surface area (Å²) < 4.78 is 0. The Kier molecular flexibility index (Phi) is 4.08. The molecule has 1 aromatic rings. The summed E-state index contributed by atoms with van der Waals surface area (Å²) in [4.78, 5) is 13.6. The predicted octanol–water partition coefficient (Wildman–Crippen LogP) is 3.63. The van der Waals surface area contributed by atoms with Crippen molar-refractivity contribution in [3.63, 3.8) is 0 Å². The maximum absolute atomic E-state index is 11.8. The summed E-state index contributed by atoms with van der Waals surface area (Å²) in [6, 6.07) is 5.37. The molecule has 0 aromatic heterocycles. The minimum Gasteiger partial charge on any atom is -0.339 e. The van der Waals surface area contributed by atoms with E-state index in [2.05, 4.69) is 0 Å². The number of halogens is 2. The van der Waals surface area contributed by atoms with E-state index in [0.29, 0.717) is 10.0 Å². The number of amides is 1. The SMILES string of the molecule is O=C(/C=C/c1cccc(Cl)c1Cl)N1CCCC1. The van der Waals surface area contributed by atoms with Crippen LogP contribution in [0.4, 0.5) is 0 Å². The van der Waals surface area contributed by atoms with Gasteiger partial charge in [-0.05, 0) is 30.5 Å². The van der Waals surface area contributed by atoms with Gasteiger partial charge in [0.05, 0.1) is 10.0 Å². The molecule has 1 heterocycles. The van der Waals surface area contributed by atoms with Gasteiger partial charge in [0.2, 0.25) is 5.91 Å². The third kappa shape index (κ3) is 3.02. The van der Waals surface area contributed by atoms with Crippen molar-refractivity contribution in [1.29, 1.82) is 0 Å². The molecule has 0 spiro atoms. The Hall–Kier alpha value is -0.990. The van der Waals surface area contributed by atoms with E-state index in [1.807, 2.05) is 17.0 Å². The van der Waals surface area contributed by atoms with Crippen LogP contribution in [0.3, 0.4) is 0 Å². The number of likely N-dealkylation sites (tertiary alicyclic amines) is 1. The summed E-state index contributed by atoms with van der Waals surface area (Å²) in [5.74, 6) is 0.0403. The molecule has 0 bridgehead atoms. The van der Waals surface area contributed by atoms with E-state index in [0.717, 1.165) is 31.5 Å². The van der Waals surface area contributed by atoms with Crippen LogP contribution in [0.1, 0.15) is 18.4 Å². The molecule has 0 radical (unpaired) electrons. The highest BCUT2D eigenvalue weighted by molar-refractivity contribution is 6.42. The Morgan fingerprint density at radius 1 is 1.24 bits per heavy atom. The molecule has 1 aliphatic heterocycles. The van der Waals surface area contributed by atoms with Crippen molar-refractivity contribution in [1.82, 2.24) is 4.90 Å². The molecule has 0 N–H and O–H groups in total. The predicted molar refractivity (Wildman–Crippen MR) is 71.3 cm³/mol. The van der Waals surface area contributed by atoms with Gasteiger partial charge in [-0.15, -0.1) is 0 Å². The molecule has 1 amide bonds. The molecule has 1 fully saturated rings. The summed E-state index contributed by atoms with van der Waals surface area (Å²) in [5.41, 5.74) is 0.770. The maximum Gasteiger partial charge on any atom is 0.246 e. The molecule has 0 saturated carbocycles. The Bertz CT molecular complexity index is 451. The monoisotopic (exact) mass is 269 g/mol. The van der Waals surface area contributed by atoms with E-state index < -0.39 is 0 Å². The molecule has 0 unspecified atom stereocenters. The zero-order valence-electron chi connectivity index (χ0n) is 9.33. The van der Waals surface area contributed by atoms with Crippen LogP contribution in [-0.4, -0.2) is 23.9 Å². The van der Waals surface area contributed by atoms with Crippen LogP contribution in [-0.2, 0) is 4.79 Å². The topological polar surface area (TPSA) is 20.3 Å². The van der Waals surface area contributed by atoms with E-state index in [9.17, 15) is 4.79 Å². The second-order valence-electron chi connectivity index (χ2n) is 4.01. The van der Waals surface area contributed by atoms with E-state index >= 15 is 0 Å². The molecule has 2 nitrogen and oxygen atoms in total. The highest BCUT2D eigenvalue weighted by Gasteiger charge is 2.15. The standard InChI is InChI=1S/C13H13Cl2NO/c14-11-5-3-4-10(13(11)15)6-7-12(17)16-8-1-2-9-16/h3-7H,1-2,8-9H2/b7-6+. The van der Waals surface area contributed by atoms with Crippen molar-refractivity contribution < 1.29 is 4.79 Å². The smallest absolute Gasteiger partial charge is 0.246 e. The van der Waals surface area contributed by atoms with Crippen LogP contribution in [0.5, 0.6) is 0 Å². The third-order valence-corrected chi connectivity index (χ3v) is 3.64. The Morgan fingerprint density at radius 3 is 2.65 bits per heavy atom. The Morgan fingerprint density at radius 2 is 1.94 bits per heavy atom. The van der Waals surface area contributed by atoms with Crippen molar-refractivity contribution in [2.75, 3.05) is 13.1 Å². The molecule has 4 heteroatoms. The first-order chi connectivity index (χ1) is 8.18. The third-order valence-electron chi connectivity index (χ3n) is 2.80. The highest BCUT2D eigenvalue weighted by Crippen LogP contribution is 2.26. The van der Waals surface area contributed by atoms with Crippen LogP contribution >= 0.6 is 23.2 Å². The lowest BCUT2D eigenvalue weighted by Crippen LogP contribution is -2.25. The lowest BCUT2D eigenvalue weighted by atomic mass is 10.2. The minimum atomic E-state index is 0.0403. The molecule has 17 heavy (non-hydrogen) atoms. The van der Waals surface area contributed by atoms with Crippen molar-refractivity contribution in [3.05, 3.63) is 39.9 Å². The van der Waals surface area contributed by atoms with E-state index in [1.165, 1.54) is 0 Å². The quantitative estimate of drug-likeness (QED) is 0.751. The van der Waals surface area contributed by atoms with Gasteiger partial charge in [0.15, 0.2) is 0 Å². The van der Waals surface area contributed by atoms with E-state index in [-0.39, 0.29) is 5.91 Å². The number of carbonyl (C=O) groups is 1. The Labute approximate surface area is 111 Å². The van der Waals surface area contributed by atoms with Gasteiger partial charge < -0.3 is 4.90 Å². The van der Waals surface area contributed by atoms with Crippen molar-refractivity contribution in [3.8, 4) is 0 Å². The van der Waals surface area contributed by atoms with Crippen molar-refractivity contribution in [2.45, 2.75) is 12.8 Å². The number of hydrogen-bond donors (Lipinski definition) is 0. The van der Waals surface area contributed by atoms with Crippen LogP contribution < -0.4 is 0 Å². The second kappa shape index (κ2) is 5.56. The number of hydrogen-bond acceptors (Lipinski definition) is 1. The molecule has 2 rings (SSSR count). The lowest BCUT2D eigenvalue weighted by molar-refractivity contribution is -0.124. The number of benzene rings is 1. The van der Waals surface area contributed by atoms with Gasteiger partial charge in [-0.2, -0.15) is 0 Å². The van der Waals surface area contributed by atoms with Crippen LogP contribution in [0.2, 0.25) is 10.0 Å². The fourth-order valence-corrected chi connectivity index (χ4v) is 2.22. The first kappa shape index (κ1) is 12.5. The van der Waals surface area contributed by atoms with Crippen LogP contribution in [0.15, 0.2) is 24.3 Å². The highest BCUT2D eigenvalue weighted by atomic mass is 35.5. The second-order valence-corrected chi connectivity index (χ2v) is 4.79. The van der Waals surface area contributed by atoms with E-state index in [1.54, 1.807) is 18.2 Å². The van der Waals surface area contributed by atoms with Gasteiger partial charge in [0.25, 0.3) is 0 Å². The van der Waals surface area contributed by atoms with Gasteiger partial charge in [0, 0.05) is 19.2 Å². The first-order valence-corrected chi connectivity index (χ1v) is 6.35. The number of rotatable bonds is 2. The molecule has 0 atom stereocenters. The normalized spacial score (nSPS) is 15.8. The van der Waals surface area contributed by atoms with Gasteiger partial charge in [-0.25, -0.2) is 0 Å². The fourth-order valence-electron chi connectivity index (χ4n) is 1.85. The van der Waals surface area contributed by atoms with Gasteiger partial charge in [-0.3, -0.25) is 4.79 Å². The van der Waals surface area contributed by atoms with E-state index in [4.69, 9.17) is 23.2 Å². The number of nitrogens with zero attached hydrogens (tertiary/aromatic N) is 1.